The number of fused-ring (bicyclic) bond motifs is 1. The molecule has 3 aromatic carbocycles. The van der Waals surface area contributed by atoms with Crippen molar-refractivity contribution in [3.05, 3.63) is 88.5 Å². The Bertz CT molecular complexity index is 1320. The number of carbonyl (C=O) groups excluding carboxylic acids is 2. The molecular weight excluding hydrogens is 482 g/mol. The molecule has 0 spiro atoms. The van der Waals surface area contributed by atoms with Crippen molar-refractivity contribution in [2.24, 2.45) is 0 Å². The largest absolute Gasteiger partial charge is 0.507 e. The number of nitrogens with zero attached hydrogens (tertiary/aromatic N) is 3. The lowest BCUT2D eigenvalue weighted by Gasteiger charge is -2.20. The SMILES string of the molecule is CN(Cc1ccccc1)C(=O)c1cc(C(=O)N2Cc3ccc(OCCN4CCCC4)cc3C2)c(O)cc1O. The standard InChI is InChI=1S/C30H33N3O5/c1-31(18-21-7-3-2-4-8-21)29(36)25-16-26(28(35)17-27(25)34)30(37)33-19-22-9-10-24(15-23(22)20-33)38-14-13-32-11-5-6-12-32/h2-4,7-10,15-17,34-35H,5-6,11-14,18-20H2,1H3. The summed E-state index contributed by atoms with van der Waals surface area (Å²) in [7, 11) is 1.63. The fourth-order valence-electron chi connectivity index (χ4n) is 5.13. The molecular formula is C30H33N3O5. The number of ether oxygens (including phenoxy) is 1. The second-order valence-corrected chi connectivity index (χ2v) is 10.0. The average Bonchev–Trinajstić information content (AvgIpc) is 3.58. The zero-order valence-electron chi connectivity index (χ0n) is 21.6. The second kappa shape index (κ2) is 11.1. The molecule has 2 aliphatic rings. The van der Waals surface area contributed by atoms with Crippen LogP contribution in [0.15, 0.2) is 60.7 Å². The minimum absolute atomic E-state index is 0.0193. The van der Waals surface area contributed by atoms with Gasteiger partial charge in [-0.2, -0.15) is 0 Å². The first-order valence-corrected chi connectivity index (χ1v) is 13.0. The Morgan fingerprint density at radius 1 is 0.895 bits per heavy atom. The van der Waals surface area contributed by atoms with Crippen molar-refractivity contribution in [1.29, 1.82) is 0 Å². The van der Waals surface area contributed by atoms with Gasteiger partial charge >= 0.3 is 0 Å². The third-order valence-corrected chi connectivity index (χ3v) is 7.25. The van der Waals surface area contributed by atoms with Crippen LogP contribution >= 0.6 is 0 Å². The van der Waals surface area contributed by atoms with E-state index in [4.69, 9.17) is 4.74 Å². The van der Waals surface area contributed by atoms with Crippen molar-refractivity contribution in [3.63, 3.8) is 0 Å². The lowest BCUT2D eigenvalue weighted by Crippen LogP contribution is -2.28. The molecule has 2 N–H and O–H groups in total. The van der Waals surface area contributed by atoms with Crippen molar-refractivity contribution in [2.45, 2.75) is 32.5 Å². The Kier molecular flexibility index (Phi) is 7.51. The van der Waals surface area contributed by atoms with Crippen LogP contribution in [0.4, 0.5) is 0 Å². The molecule has 1 saturated heterocycles. The van der Waals surface area contributed by atoms with Crippen molar-refractivity contribution >= 4 is 11.8 Å². The summed E-state index contributed by atoms with van der Waals surface area (Å²) >= 11 is 0. The first-order chi connectivity index (χ1) is 18.4. The van der Waals surface area contributed by atoms with E-state index in [2.05, 4.69) is 4.90 Å². The van der Waals surface area contributed by atoms with Crippen LogP contribution in [-0.2, 0) is 19.6 Å². The maximum atomic E-state index is 13.4. The van der Waals surface area contributed by atoms with Gasteiger partial charge in [0.25, 0.3) is 11.8 Å². The van der Waals surface area contributed by atoms with Crippen LogP contribution in [0.3, 0.4) is 0 Å². The highest BCUT2D eigenvalue weighted by Gasteiger charge is 2.29. The molecule has 8 heteroatoms. The number of aromatic hydroxyl groups is 2. The molecule has 8 nitrogen and oxygen atoms in total. The van der Waals surface area contributed by atoms with E-state index in [0.29, 0.717) is 26.2 Å². The van der Waals surface area contributed by atoms with Gasteiger partial charge in [-0.15, -0.1) is 0 Å². The molecule has 198 valence electrons. The van der Waals surface area contributed by atoms with Gasteiger partial charge in [0.15, 0.2) is 0 Å². The number of benzene rings is 3. The lowest BCUT2D eigenvalue weighted by atomic mass is 10.1. The van der Waals surface area contributed by atoms with Gasteiger partial charge in [-0.3, -0.25) is 14.5 Å². The summed E-state index contributed by atoms with van der Waals surface area (Å²) in [5.41, 5.74) is 2.90. The first kappa shape index (κ1) is 25.6. The van der Waals surface area contributed by atoms with Crippen LogP contribution in [0.5, 0.6) is 17.2 Å². The highest BCUT2D eigenvalue weighted by atomic mass is 16.5. The zero-order chi connectivity index (χ0) is 26.6. The Labute approximate surface area is 222 Å². The molecule has 0 radical (unpaired) electrons. The molecule has 0 saturated carbocycles. The quantitative estimate of drug-likeness (QED) is 0.471. The fourth-order valence-corrected chi connectivity index (χ4v) is 5.13. The van der Waals surface area contributed by atoms with Crippen LogP contribution in [0, 0.1) is 0 Å². The van der Waals surface area contributed by atoms with Crippen LogP contribution in [-0.4, -0.2) is 70.0 Å². The topological polar surface area (TPSA) is 93.6 Å². The molecule has 0 aromatic heterocycles. The van der Waals surface area contributed by atoms with E-state index in [-0.39, 0.29) is 22.6 Å². The number of phenols is 2. The van der Waals surface area contributed by atoms with Gasteiger partial charge in [-0.25, -0.2) is 0 Å². The molecule has 0 atom stereocenters. The molecule has 38 heavy (non-hydrogen) atoms. The predicted molar refractivity (Wildman–Crippen MR) is 143 cm³/mol. The van der Waals surface area contributed by atoms with Gasteiger partial charge in [0, 0.05) is 39.3 Å². The van der Waals surface area contributed by atoms with Crippen LogP contribution < -0.4 is 4.74 Å². The monoisotopic (exact) mass is 515 g/mol. The van der Waals surface area contributed by atoms with Gasteiger partial charge in [-0.05, 0) is 60.8 Å². The number of hydrogen-bond donors (Lipinski definition) is 2. The molecule has 0 bridgehead atoms. The summed E-state index contributed by atoms with van der Waals surface area (Å²) in [6.45, 7) is 4.89. The Hall–Kier alpha value is -4.04. The maximum absolute atomic E-state index is 13.4. The van der Waals surface area contributed by atoms with E-state index in [9.17, 15) is 19.8 Å². The highest BCUT2D eigenvalue weighted by molar-refractivity contribution is 6.03. The van der Waals surface area contributed by atoms with Crippen LogP contribution in [0.2, 0.25) is 0 Å². The van der Waals surface area contributed by atoms with E-state index in [0.717, 1.165) is 48.1 Å². The first-order valence-electron chi connectivity index (χ1n) is 13.0. The van der Waals surface area contributed by atoms with Gasteiger partial charge in [0.1, 0.15) is 23.9 Å². The molecule has 2 aliphatic heterocycles. The molecule has 0 aliphatic carbocycles. The van der Waals surface area contributed by atoms with Crippen molar-refractivity contribution in [3.8, 4) is 17.2 Å². The van der Waals surface area contributed by atoms with E-state index in [1.807, 2.05) is 48.5 Å². The minimum atomic E-state index is -0.444. The van der Waals surface area contributed by atoms with Crippen molar-refractivity contribution in [1.82, 2.24) is 14.7 Å². The van der Waals surface area contributed by atoms with E-state index in [1.165, 1.54) is 23.8 Å². The lowest BCUT2D eigenvalue weighted by molar-refractivity contribution is 0.0748. The zero-order valence-corrected chi connectivity index (χ0v) is 21.6. The highest BCUT2D eigenvalue weighted by Crippen LogP contribution is 2.33. The van der Waals surface area contributed by atoms with Crippen molar-refractivity contribution in [2.75, 3.05) is 33.3 Å². The van der Waals surface area contributed by atoms with E-state index in [1.54, 1.807) is 11.9 Å². The third kappa shape index (κ3) is 5.60. The van der Waals surface area contributed by atoms with Gasteiger partial charge < -0.3 is 24.7 Å². The van der Waals surface area contributed by atoms with Crippen LogP contribution in [0.1, 0.15) is 50.2 Å². The summed E-state index contributed by atoms with van der Waals surface area (Å²) < 4.78 is 5.96. The maximum Gasteiger partial charge on any atom is 0.258 e. The fraction of sp³-hybridized carbons (Fsp3) is 0.333. The summed E-state index contributed by atoms with van der Waals surface area (Å²) in [4.78, 5) is 32.0. The predicted octanol–water partition coefficient (Wildman–Crippen LogP) is 4.00. The molecule has 2 amide bonds. The number of rotatable bonds is 8. The van der Waals surface area contributed by atoms with Crippen molar-refractivity contribution < 1.29 is 24.5 Å². The van der Waals surface area contributed by atoms with E-state index >= 15 is 0 Å². The Balaban J connectivity index is 1.26. The summed E-state index contributed by atoms with van der Waals surface area (Å²) in [6.07, 6.45) is 2.50. The summed E-state index contributed by atoms with van der Waals surface area (Å²) in [5, 5.41) is 20.9. The molecule has 1 fully saturated rings. The molecule has 0 unspecified atom stereocenters. The van der Waals surface area contributed by atoms with Crippen LogP contribution in [0.25, 0.3) is 0 Å². The normalized spacial score (nSPS) is 14.9. The second-order valence-electron chi connectivity index (χ2n) is 10.0. The van der Waals surface area contributed by atoms with Gasteiger partial charge in [0.2, 0.25) is 0 Å². The number of phenolic OH excluding ortho intramolecular Hbond substituents is 2. The number of likely N-dealkylation sites (tertiary alicyclic amines) is 1. The number of amides is 2. The summed E-state index contributed by atoms with van der Waals surface area (Å²) in [6, 6.07) is 17.7. The molecule has 2 heterocycles. The Morgan fingerprint density at radius 2 is 1.61 bits per heavy atom. The molecule has 3 aromatic rings. The average molecular weight is 516 g/mol. The smallest absolute Gasteiger partial charge is 0.258 e. The third-order valence-electron chi connectivity index (χ3n) is 7.25. The summed E-state index contributed by atoms with van der Waals surface area (Å²) in [5.74, 6) is -0.809. The minimum Gasteiger partial charge on any atom is -0.507 e. The molecule has 5 rings (SSSR count). The number of hydrogen-bond acceptors (Lipinski definition) is 6. The number of carbonyl (C=O) groups is 2. The van der Waals surface area contributed by atoms with Gasteiger partial charge in [0.05, 0.1) is 11.1 Å². The Morgan fingerprint density at radius 3 is 2.37 bits per heavy atom. The van der Waals surface area contributed by atoms with E-state index < -0.39 is 11.8 Å². The van der Waals surface area contributed by atoms with Gasteiger partial charge in [-0.1, -0.05) is 36.4 Å².